The number of carbonyl (C=O) groups excluding carboxylic acids is 2. The second-order valence-electron chi connectivity index (χ2n) is 4.56. The Labute approximate surface area is 105 Å². The number of nitrogen functional groups attached to an aromatic ring is 1. The molecular formula is C12H16N4O2. The molecule has 1 fully saturated rings. The van der Waals surface area contributed by atoms with Crippen molar-refractivity contribution < 1.29 is 9.59 Å². The predicted molar refractivity (Wildman–Crippen MR) is 66.4 cm³/mol. The summed E-state index contributed by atoms with van der Waals surface area (Å²) in [6.07, 6.45) is 0.554. The molecule has 0 saturated carbocycles. The zero-order chi connectivity index (χ0) is 13.3. The highest BCUT2D eigenvalue weighted by atomic mass is 16.2. The monoisotopic (exact) mass is 248 g/mol. The van der Waals surface area contributed by atoms with Crippen LogP contribution in [0, 0.1) is 0 Å². The lowest BCUT2D eigenvalue weighted by Crippen LogP contribution is -2.43. The van der Waals surface area contributed by atoms with Crippen LogP contribution in [0.25, 0.3) is 0 Å². The Kier molecular flexibility index (Phi) is 2.94. The molecule has 2 rings (SSSR count). The smallest absolute Gasteiger partial charge is 0.325 e. The highest BCUT2D eigenvalue weighted by Gasteiger charge is 2.46. The Hall–Kier alpha value is -2.11. The molecule has 0 radical (unpaired) electrons. The van der Waals surface area contributed by atoms with Crippen LogP contribution in [0.4, 0.5) is 10.6 Å². The summed E-state index contributed by atoms with van der Waals surface area (Å²) in [6, 6.07) is 4.76. The van der Waals surface area contributed by atoms with Crippen molar-refractivity contribution in [3.8, 4) is 0 Å². The minimum atomic E-state index is -0.808. The van der Waals surface area contributed by atoms with Gasteiger partial charge in [-0.15, -0.1) is 0 Å². The van der Waals surface area contributed by atoms with Gasteiger partial charge in [-0.25, -0.2) is 9.78 Å². The predicted octanol–water partition coefficient (Wildman–Crippen LogP) is 0.884. The van der Waals surface area contributed by atoms with Crippen molar-refractivity contribution in [2.45, 2.75) is 32.4 Å². The third kappa shape index (κ3) is 2.01. The number of amides is 3. The number of aromatic nitrogens is 1. The molecule has 1 unspecified atom stereocenters. The first-order valence-corrected chi connectivity index (χ1v) is 5.82. The van der Waals surface area contributed by atoms with Crippen LogP contribution in [0.2, 0.25) is 0 Å². The largest absolute Gasteiger partial charge is 0.384 e. The lowest BCUT2D eigenvalue weighted by molar-refractivity contribution is -0.131. The molecule has 3 N–H and O–H groups in total. The van der Waals surface area contributed by atoms with Crippen LogP contribution in [0.1, 0.15) is 26.0 Å². The number of hydrogen-bond acceptors (Lipinski definition) is 4. The number of pyridine rings is 1. The first kappa shape index (κ1) is 12.3. The number of rotatable bonds is 3. The molecule has 0 aliphatic carbocycles. The fourth-order valence-corrected chi connectivity index (χ4v) is 1.88. The van der Waals surface area contributed by atoms with E-state index in [1.807, 2.05) is 6.92 Å². The molecule has 2 heterocycles. The van der Waals surface area contributed by atoms with Gasteiger partial charge >= 0.3 is 6.03 Å². The van der Waals surface area contributed by atoms with E-state index in [-0.39, 0.29) is 18.5 Å². The molecule has 3 amide bonds. The van der Waals surface area contributed by atoms with Crippen LogP contribution in [0.15, 0.2) is 18.2 Å². The summed E-state index contributed by atoms with van der Waals surface area (Å²) in [7, 11) is 0. The molecule has 6 nitrogen and oxygen atoms in total. The molecule has 1 aliphatic heterocycles. The fourth-order valence-electron chi connectivity index (χ4n) is 1.88. The van der Waals surface area contributed by atoms with E-state index in [1.165, 1.54) is 4.90 Å². The lowest BCUT2D eigenvalue weighted by atomic mass is 9.99. The van der Waals surface area contributed by atoms with Crippen molar-refractivity contribution in [2.24, 2.45) is 0 Å². The minimum Gasteiger partial charge on any atom is -0.384 e. The average Bonchev–Trinajstić information content (AvgIpc) is 2.54. The van der Waals surface area contributed by atoms with Crippen molar-refractivity contribution in [3.63, 3.8) is 0 Å². The zero-order valence-corrected chi connectivity index (χ0v) is 10.4. The van der Waals surface area contributed by atoms with Crippen molar-refractivity contribution in [2.75, 3.05) is 5.73 Å². The number of imide groups is 1. The first-order chi connectivity index (χ1) is 8.46. The molecule has 1 atom stereocenters. The molecule has 1 saturated heterocycles. The Morgan fingerprint density at radius 2 is 2.17 bits per heavy atom. The van der Waals surface area contributed by atoms with Crippen molar-refractivity contribution in [1.82, 2.24) is 15.2 Å². The molecule has 1 aromatic rings. The van der Waals surface area contributed by atoms with Gasteiger partial charge in [0.25, 0.3) is 5.91 Å². The number of nitrogens with one attached hydrogen (secondary N) is 1. The van der Waals surface area contributed by atoms with E-state index in [4.69, 9.17) is 5.73 Å². The molecule has 0 spiro atoms. The molecule has 96 valence electrons. The molecular weight excluding hydrogens is 232 g/mol. The molecule has 0 aromatic carbocycles. The highest BCUT2D eigenvalue weighted by Crippen LogP contribution is 2.22. The van der Waals surface area contributed by atoms with Gasteiger partial charge in [0.1, 0.15) is 11.4 Å². The second kappa shape index (κ2) is 4.29. The van der Waals surface area contributed by atoms with E-state index in [0.29, 0.717) is 17.9 Å². The molecule has 1 aromatic heterocycles. The molecule has 1 aliphatic rings. The van der Waals surface area contributed by atoms with E-state index >= 15 is 0 Å². The maximum absolute atomic E-state index is 12.1. The maximum atomic E-state index is 12.1. The van der Waals surface area contributed by atoms with Gasteiger partial charge in [-0.3, -0.25) is 9.69 Å². The number of hydrogen-bond donors (Lipinski definition) is 2. The van der Waals surface area contributed by atoms with Crippen LogP contribution >= 0.6 is 0 Å². The number of carbonyl (C=O) groups is 2. The van der Waals surface area contributed by atoms with Crippen LogP contribution in [0.3, 0.4) is 0 Å². The van der Waals surface area contributed by atoms with Gasteiger partial charge in [-0.1, -0.05) is 13.0 Å². The van der Waals surface area contributed by atoms with Crippen molar-refractivity contribution in [3.05, 3.63) is 23.9 Å². The van der Waals surface area contributed by atoms with Gasteiger partial charge in [0.15, 0.2) is 0 Å². The van der Waals surface area contributed by atoms with Crippen LogP contribution in [-0.4, -0.2) is 27.4 Å². The van der Waals surface area contributed by atoms with E-state index in [9.17, 15) is 9.59 Å². The standard InChI is InChI=1S/C12H16N4O2/c1-3-12(2)10(17)16(11(18)15-12)7-8-5-4-6-9(13)14-8/h4-6H,3,7H2,1-2H3,(H2,13,14)(H,15,18). The highest BCUT2D eigenvalue weighted by molar-refractivity contribution is 6.06. The van der Waals surface area contributed by atoms with E-state index in [0.717, 1.165) is 0 Å². The summed E-state index contributed by atoms with van der Waals surface area (Å²) >= 11 is 0. The summed E-state index contributed by atoms with van der Waals surface area (Å²) in [5.74, 6) is 0.150. The fraction of sp³-hybridized carbons (Fsp3) is 0.417. The SMILES string of the molecule is CCC1(C)NC(=O)N(Cc2cccc(N)n2)C1=O. The Bertz CT molecular complexity index is 503. The van der Waals surface area contributed by atoms with E-state index in [1.54, 1.807) is 25.1 Å². The van der Waals surface area contributed by atoms with Gasteiger partial charge in [0.2, 0.25) is 0 Å². The first-order valence-electron chi connectivity index (χ1n) is 5.82. The van der Waals surface area contributed by atoms with Gasteiger partial charge < -0.3 is 11.1 Å². The normalized spacial score (nSPS) is 23.3. The van der Waals surface area contributed by atoms with Crippen LogP contribution in [0.5, 0.6) is 0 Å². The van der Waals surface area contributed by atoms with Gasteiger partial charge in [-0.2, -0.15) is 0 Å². The summed E-state index contributed by atoms with van der Waals surface area (Å²) in [6.45, 7) is 3.73. The van der Waals surface area contributed by atoms with Crippen LogP contribution < -0.4 is 11.1 Å². The summed E-state index contributed by atoms with van der Waals surface area (Å²) < 4.78 is 0. The van der Waals surface area contributed by atoms with Crippen molar-refractivity contribution >= 4 is 17.8 Å². The zero-order valence-electron chi connectivity index (χ0n) is 10.4. The summed E-state index contributed by atoms with van der Waals surface area (Å²) in [5.41, 5.74) is 5.35. The summed E-state index contributed by atoms with van der Waals surface area (Å²) in [4.78, 5) is 29.2. The summed E-state index contributed by atoms with van der Waals surface area (Å²) in [5, 5.41) is 2.69. The quantitative estimate of drug-likeness (QED) is 0.777. The van der Waals surface area contributed by atoms with Gasteiger partial charge in [-0.05, 0) is 25.5 Å². The Balaban J connectivity index is 2.20. The number of nitrogens with two attached hydrogens (primary N) is 1. The number of urea groups is 1. The molecule has 0 bridgehead atoms. The molecule has 18 heavy (non-hydrogen) atoms. The van der Waals surface area contributed by atoms with E-state index in [2.05, 4.69) is 10.3 Å². The number of nitrogens with zero attached hydrogens (tertiary/aromatic N) is 2. The van der Waals surface area contributed by atoms with E-state index < -0.39 is 5.54 Å². The molecule has 6 heteroatoms. The third-order valence-corrected chi connectivity index (χ3v) is 3.20. The lowest BCUT2D eigenvalue weighted by Gasteiger charge is -2.19. The maximum Gasteiger partial charge on any atom is 0.325 e. The van der Waals surface area contributed by atoms with Gasteiger partial charge in [0, 0.05) is 0 Å². The second-order valence-corrected chi connectivity index (χ2v) is 4.56. The topological polar surface area (TPSA) is 88.3 Å². The van der Waals surface area contributed by atoms with Crippen molar-refractivity contribution in [1.29, 1.82) is 0 Å². The van der Waals surface area contributed by atoms with Gasteiger partial charge in [0.05, 0.1) is 12.2 Å². The Morgan fingerprint density at radius 1 is 1.44 bits per heavy atom. The third-order valence-electron chi connectivity index (χ3n) is 3.20. The van der Waals surface area contributed by atoms with Crippen LogP contribution in [-0.2, 0) is 11.3 Å². The Morgan fingerprint density at radius 3 is 2.72 bits per heavy atom. The average molecular weight is 248 g/mol. The number of anilines is 1. The minimum absolute atomic E-state index is 0.144.